The zero-order chi connectivity index (χ0) is 16.4. The van der Waals surface area contributed by atoms with E-state index in [0.29, 0.717) is 0 Å². The first-order valence-electron chi connectivity index (χ1n) is 8.08. The molecule has 0 aromatic carbocycles. The van der Waals surface area contributed by atoms with E-state index in [1.807, 2.05) is 25.2 Å². The Bertz CT molecular complexity index is 584. The minimum Gasteiger partial charge on any atom is -0.0985 e. The maximum Gasteiger partial charge on any atom is -0.00773 e. The third-order valence-corrected chi connectivity index (χ3v) is 3.80. The maximum absolute atomic E-state index is 4.01. The van der Waals surface area contributed by atoms with Gasteiger partial charge in [0.15, 0.2) is 0 Å². The zero-order valence-electron chi connectivity index (χ0n) is 14.2. The third kappa shape index (κ3) is 4.46. The fourth-order valence-corrected chi connectivity index (χ4v) is 2.70. The molecule has 0 amide bonds. The van der Waals surface area contributed by atoms with Gasteiger partial charge in [0, 0.05) is 0 Å². The van der Waals surface area contributed by atoms with Gasteiger partial charge in [-0.2, -0.15) is 0 Å². The van der Waals surface area contributed by atoms with E-state index in [-0.39, 0.29) is 0 Å². The first-order chi connectivity index (χ1) is 10.7. The van der Waals surface area contributed by atoms with Gasteiger partial charge in [-0.05, 0) is 61.0 Å². The van der Waals surface area contributed by atoms with Crippen LogP contribution in [0.1, 0.15) is 40.0 Å². The van der Waals surface area contributed by atoms with Crippen LogP contribution in [-0.2, 0) is 0 Å². The fourth-order valence-electron chi connectivity index (χ4n) is 2.70. The molecule has 0 spiro atoms. The van der Waals surface area contributed by atoms with Gasteiger partial charge >= 0.3 is 0 Å². The molecule has 0 radical (unpaired) electrons. The summed E-state index contributed by atoms with van der Waals surface area (Å²) in [6.07, 6.45) is 22.3. The summed E-state index contributed by atoms with van der Waals surface area (Å²) in [7, 11) is 0. The van der Waals surface area contributed by atoms with E-state index < -0.39 is 0 Å². The highest BCUT2D eigenvalue weighted by atomic mass is 14.2. The molecule has 0 aliphatic heterocycles. The third-order valence-electron chi connectivity index (χ3n) is 3.80. The lowest BCUT2D eigenvalue weighted by atomic mass is 9.85. The summed E-state index contributed by atoms with van der Waals surface area (Å²) in [6, 6.07) is 0. The van der Waals surface area contributed by atoms with Crippen LogP contribution in [0.25, 0.3) is 0 Å². The van der Waals surface area contributed by atoms with Gasteiger partial charge in [-0.3, -0.25) is 0 Å². The molecule has 0 aromatic rings. The van der Waals surface area contributed by atoms with E-state index in [9.17, 15) is 0 Å². The molecule has 1 rings (SSSR count). The van der Waals surface area contributed by atoms with Crippen molar-refractivity contribution >= 4 is 0 Å². The van der Waals surface area contributed by atoms with Crippen molar-refractivity contribution in [2.24, 2.45) is 0 Å². The monoisotopic (exact) mass is 292 g/mol. The van der Waals surface area contributed by atoms with Gasteiger partial charge in [0.25, 0.3) is 0 Å². The minimum atomic E-state index is 0.984. The molecule has 0 heteroatoms. The largest absolute Gasteiger partial charge is 0.0985 e. The standard InChI is InChI=1S/C22H28/c1-6-11-15-19(9-4)22(18(7-2)8-3)21(10-5)20-16-13-12-14-17-20/h6-9,11,13,15-17H,2,4,10,12,14H2,1,3,5H3/b11-6-,18-8+,19-15+,22-21+. The first kappa shape index (κ1) is 18.0. The lowest BCUT2D eigenvalue weighted by Gasteiger charge is -2.19. The van der Waals surface area contributed by atoms with E-state index in [4.69, 9.17) is 0 Å². The van der Waals surface area contributed by atoms with Gasteiger partial charge in [-0.15, -0.1) is 0 Å². The molecule has 0 saturated carbocycles. The fraction of sp³-hybridized carbons (Fsp3) is 0.273. The second-order valence-electron chi connectivity index (χ2n) is 5.15. The van der Waals surface area contributed by atoms with Gasteiger partial charge in [-0.25, -0.2) is 0 Å². The Morgan fingerprint density at radius 2 is 1.86 bits per heavy atom. The van der Waals surface area contributed by atoms with Crippen LogP contribution in [0.2, 0.25) is 0 Å². The van der Waals surface area contributed by atoms with Crippen LogP contribution in [-0.4, -0.2) is 0 Å². The highest BCUT2D eigenvalue weighted by Gasteiger charge is 2.14. The first-order valence-corrected chi connectivity index (χ1v) is 8.08. The minimum absolute atomic E-state index is 0.984. The van der Waals surface area contributed by atoms with E-state index in [1.165, 1.54) is 16.7 Å². The van der Waals surface area contributed by atoms with Gasteiger partial charge in [0.2, 0.25) is 0 Å². The summed E-state index contributed by atoms with van der Waals surface area (Å²) in [4.78, 5) is 0. The van der Waals surface area contributed by atoms with E-state index in [1.54, 1.807) is 0 Å². The molecule has 116 valence electrons. The van der Waals surface area contributed by atoms with Crippen LogP contribution in [0, 0.1) is 0 Å². The molecule has 0 atom stereocenters. The molecule has 0 N–H and O–H groups in total. The van der Waals surface area contributed by atoms with Crippen molar-refractivity contribution in [2.45, 2.75) is 40.0 Å². The Morgan fingerprint density at radius 1 is 1.14 bits per heavy atom. The molecular weight excluding hydrogens is 264 g/mol. The molecule has 22 heavy (non-hydrogen) atoms. The number of allylic oxidation sites excluding steroid dienone is 14. The van der Waals surface area contributed by atoms with Gasteiger partial charge in [0.05, 0.1) is 0 Å². The smallest absolute Gasteiger partial charge is 0.00773 e. The molecule has 0 fully saturated rings. The van der Waals surface area contributed by atoms with Crippen molar-refractivity contribution in [3.8, 4) is 0 Å². The lowest BCUT2D eigenvalue weighted by Crippen LogP contribution is -2.00. The topological polar surface area (TPSA) is 0 Å². The average molecular weight is 292 g/mol. The summed E-state index contributed by atoms with van der Waals surface area (Å²) in [5.41, 5.74) is 6.24. The van der Waals surface area contributed by atoms with Crippen LogP contribution in [0.4, 0.5) is 0 Å². The zero-order valence-corrected chi connectivity index (χ0v) is 14.2. The Labute approximate surface area is 136 Å². The summed E-state index contributed by atoms with van der Waals surface area (Å²) in [5.74, 6) is 0. The van der Waals surface area contributed by atoms with Crippen molar-refractivity contribution < 1.29 is 0 Å². The molecule has 0 unspecified atom stereocenters. The second kappa shape index (κ2) is 9.78. The molecular formula is C22H28. The van der Waals surface area contributed by atoms with Gasteiger partial charge in [0.1, 0.15) is 0 Å². The van der Waals surface area contributed by atoms with Crippen molar-refractivity contribution in [3.63, 3.8) is 0 Å². The van der Waals surface area contributed by atoms with Crippen LogP contribution in [0.15, 0.2) is 95.7 Å². The number of hydrogen-bond donors (Lipinski definition) is 0. The van der Waals surface area contributed by atoms with Crippen molar-refractivity contribution in [1.29, 1.82) is 0 Å². The Morgan fingerprint density at radius 3 is 2.32 bits per heavy atom. The van der Waals surface area contributed by atoms with Crippen molar-refractivity contribution in [3.05, 3.63) is 95.7 Å². The van der Waals surface area contributed by atoms with Crippen LogP contribution < -0.4 is 0 Å². The maximum atomic E-state index is 4.01. The second-order valence-corrected chi connectivity index (χ2v) is 5.15. The SMILES string of the molecule is C=CC(=C\C)/C(C(/C=C)=C/C=C\C)=C(/CC)C1=CCCC=C1. The highest BCUT2D eigenvalue weighted by Crippen LogP contribution is 2.33. The van der Waals surface area contributed by atoms with Crippen LogP contribution >= 0.6 is 0 Å². The predicted octanol–water partition coefficient (Wildman–Crippen LogP) is 6.79. The molecule has 0 nitrogen and oxygen atoms in total. The molecule has 1 aliphatic carbocycles. The summed E-state index contributed by atoms with van der Waals surface area (Å²) in [6.45, 7) is 14.3. The van der Waals surface area contributed by atoms with Crippen molar-refractivity contribution in [2.75, 3.05) is 0 Å². The van der Waals surface area contributed by atoms with E-state index in [2.05, 4.69) is 63.5 Å². The summed E-state index contributed by atoms with van der Waals surface area (Å²) >= 11 is 0. The number of hydrogen-bond acceptors (Lipinski definition) is 0. The highest BCUT2D eigenvalue weighted by molar-refractivity contribution is 5.63. The number of rotatable bonds is 7. The van der Waals surface area contributed by atoms with Crippen molar-refractivity contribution in [1.82, 2.24) is 0 Å². The predicted molar refractivity (Wildman–Crippen MR) is 101 cm³/mol. The van der Waals surface area contributed by atoms with E-state index >= 15 is 0 Å². The normalized spacial score (nSPS) is 17.3. The molecule has 0 saturated heterocycles. The Balaban J connectivity index is 3.61. The molecule has 0 bridgehead atoms. The van der Waals surface area contributed by atoms with Gasteiger partial charge in [-0.1, -0.05) is 74.8 Å². The molecule has 0 aromatic heterocycles. The lowest BCUT2D eigenvalue weighted by molar-refractivity contribution is 0.996. The van der Waals surface area contributed by atoms with Crippen LogP contribution in [0.3, 0.4) is 0 Å². The van der Waals surface area contributed by atoms with Gasteiger partial charge < -0.3 is 0 Å². The summed E-state index contributed by atoms with van der Waals surface area (Å²) in [5, 5.41) is 0. The van der Waals surface area contributed by atoms with Crippen LogP contribution in [0.5, 0.6) is 0 Å². The van der Waals surface area contributed by atoms with E-state index in [0.717, 1.165) is 30.4 Å². The Hall–Kier alpha value is -2.08. The summed E-state index contributed by atoms with van der Waals surface area (Å²) < 4.78 is 0. The Kier molecular flexibility index (Phi) is 7.99. The average Bonchev–Trinajstić information content (AvgIpc) is 2.57. The molecule has 0 heterocycles. The molecule has 1 aliphatic rings. The quantitative estimate of drug-likeness (QED) is 0.453.